The van der Waals surface area contributed by atoms with E-state index in [4.69, 9.17) is 9.47 Å². The van der Waals surface area contributed by atoms with Gasteiger partial charge in [-0.05, 0) is 45.0 Å². The van der Waals surface area contributed by atoms with Crippen LogP contribution in [0.25, 0.3) is 16.5 Å². The summed E-state index contributed by atoms with van der Waals surface area (Å²) in [4.78, 5) is 28.7. The zero-order valence-corrected chi connectivity index (χ0v) is 22.1. The molecule has 0 bridgehead atoms. The van der Waals surface area contributed by atoms with Gasteiger partial charge in [-0.2, -0.15) is 0 Å². The predicted octanol–water partition coefficient (Wildman–Crippen LogP) is 6.49. The smallest absolute Gasteiger partial charge is 0.295 e. The van der Waals surface area contributed by atoms with Gasteiger partial charge < -0.3 is 19.5 Å². The molecule has 39 heavy (non-hydrogen) atoms. The van der Waals surface area contributed by atoms with Crippen LogP contribution in [0.5, 0.6) is 11.5 Å². The number of aliphatic hydroxyl groups is 1. The summed E-state index contributed by atoms with van der Waals surface area (Å²) in [5, 5.41) is 13.4. The van der Waals surface area contributed by atoms with E-state index < -0.39 is 17.7 Å². The van der Waals surface area contributed by atoms with Crippen molar-refractivity contribution in [3.05, 3.63) is 113 Å². The Morgan fingerprint density at radius 2 is 1.62 bits per heavy atom. The zero-order valence-electron chi connectivity index (χ0n) is 22.1. The van der Waals surface area contributed by atoms with Crippen LogP contribution in [0.2, 0.25) is 0 Å². The first-order valence-electron chi connectivity index (χ1n) is 13.0. The third-order valence-electron chi connectivity index (χ3n) is 7.47. The summed E-state index contributed by atoms with van der Waals surface area (Å²) in [5.74, 6) is -0.286. The number of amides is 1. The Hall–Kier alpha value is -4.58. The lowest BCUT2D eigenvalue weighted by Gasteiger charge is -2.27. The van der Waals surface area contributed by atoms with Gasteiger partial charge in [-0.1, -0.05) is 93.6 Å². The van der Waals surface area contributed by atoms with Gasteiger partial charge in [0.25, 0.3) is 11.7 Å². The van der Waals surface area contributed by atoms with Gasteiger partial charge in [0.2, 0.25) is 6.79 Å². The van der Waals surface area contributed by atoms with Crippen LogP contribution in [-0.2, 0) is 21.5 Å². The second-order valence-electron chi connectivity index (χ2n) is 11.0. The number of likely N-dealkylation sites (tertiary alicyclic amines) is 1. The van der Waals surface area contributed by atoms with Gasteiger partial charge in [0.05, 0.1) is 11.6 Å². The summed E-state index contributed by atoms with van der Waals surface area (Å²) in [7, 11) is 0. The SMILES string of the molecule is CC(C)(C)c1ccc(C2/C(=C(/O)c3cccc4ccccc34)C(=O)C(=O)N2Cc2ccc3c(c2)OCO3)cc1. The molecule has 4 aromatic carbocycles. The van der Waals surface area contributed by atoms with E-state index in [0.29, 0.717) is 17.1 Å². The number of ether oxygens (including phenoxy) is 2. The highest BCUT2D eigenvalue weighted by Crippen LogP contribution is 2.42. The number of hydrogen-bond donors (Lipinski definition) is 1. The van der Waals surface area contributed by atoms with Gasteiger partial charge in [-0.25, -0.2) is 0 Å². The van der Waals surface area contributed by atoms with Crippen LogP contribution in [0.4, 0.5) is 0 Å². The number of aliphatic hydroxyl groups excluding tert-OH is 1. The van der Waals surface area contributed by atoms with E-state index >= 15 is 0 Å². The van der Waals surface area contributed by atoms with Crippen LogP contribution in [0, 0.1) is 0 Å². The summed E-state index contributed by atoms with van der Waals surface area (Å²) >= 11 is 0. The number of Topliss-reactive ketones (excluding diaryl/α,β-unsaturated/α-hetero) is 1. The minimum atomic E-state index is -0.761. The molecule has 2 heterocycles. The molecular formula is C33H29NO5. The molecule has 6 rings (SSSR count). The number of ketones is 1. The molecule has 1 atom stereocenters. The Balaban J connectivity index is 1.50. The molecule has 1 N–H and O–H groups in total. The number of carbonyl (C=O) groups is 2. The number of fused-ring (bicyclic) bond motifs is 2. The zero-order chi connectivity index (χ0) is 27.3. The third kappa shape index (κ3) is 4.32. The van der Waals surface area contributed by atoms with Crippen molar-refractivity contribution in [3.63, 3.8) is 0 Å². The molecule has 0 aromatic heterocycles. The monoisotopic (exact) mass is 519 g/mol. The lowest BCUT2D eigenvalue weighted by Crippen LogP contribution is -2.29. The first-order valence-corrected chi connectivity index (χ1v) is 13.0. The van der Waals surface area contributed by atoms with Gasteiger partial charge in [0.1, 0.15) is 5.76 Å². The number of carbonyl (C=O) groups excluding carboxylic acids is 2. The van der Waals surface area contributed by atoms with Crippen molar-refractivity contribution >= 4 is 28.2 Å². The summed E-state index contributed by atoms with van der Waals surface area (Å²) in [6.45, 7) is 6.71. The molecule has 2 aliphatic rings. The summed E-state index contributed by atoms with van der Waals surface area (Å²) in [6, 6.07) is 25.9. The van der Waals surface area contributed by atoms with Gasteiger partial charge in [-0.15, -0.1) is 0 Å². The Labute approximate surface area is 227 Å². The van der Waals surface area contributed by atoms with Crippen LogP contribution in [0.15, 0.2) is 90.5 Å². The number of hydrogen-bond acceptors (Lipinski definition) is 5. The fourth-order valence-electron chi connectivity index (χ4n) is 5.37. The largest absolute Gasteiger partial charge is 0.507 e. The van der Waals surface area contributed by atoms with Crippen molar-refractivity contribution in [1.29, 1.82) is 0 Å². The van der Waals surface area contributed by atoms with Crippen LogP contribution < -0.4 is 9.47 Å². The Kier molecular flexibility index (Phi) is 5.91. The standard InChI is InChI=1S/C33H29NO5/c1-33(2,3)23-14-12-22(13-15-23)29-28(30(35)25-10-6-8-21-7-4-5-9-24(21)25)31(36)32(37)34(29)18-20-11-16-26-27(17-20)39-19-38-26/h4-17,29,35H,18-19H2,1-3H3/b30-28-. The summed E-state index contributed by atoms with van der Waals surface area (Å²) < 4.78 is 11.0. The maximum absolute atomic E-state index is 13.6. The van der Waals surface area contributed by atoms with E-state index in [9.17, 15) is 14.7 Å². The van der Waals surface area contributed by atoms with Gasteiger partial charge in [0.15, 0.2) is 11.5 Å². The molecule has 1 amide bonds. The second kappa shape index (κ2) is 9.31. The first kappa shape index (κ1) is 24.7. The average molecular weight is 520 g/mol. The Morgan fingerprint density at radius 1 is 0.897 bits per heavy atom. The van der Waals surface area contributed by atoms with E-state index in [1.165, 1.54) is 4.90 Å². The molecule has 1 unspecified atom stereocenters. The average Bonchev–Trinajstić information content (AvgIpc) is 3.50. The molecule has 196 valence electrons. The number of benzene rings is 4. The van der Waals surface area contributed by atoms with Crippen LogP contribution in [0.1, 0.15) is 49.1 Å². The highest BCUT2D eigenvalue weighted by molar-refractivity contribution is 6.46. The van der Waals surface area contributed by atoms with E-state index in [1.807, 2.05) is 72.8 Å². The molecule has 4 aromatic rings. The van der Waals surface area contributed by atoms with Crippen molar-refractivity contribution < 1.29 is 24.2 Å². The molecular weight excluding hydrogens is 490 g/mol. The lowest BCUT2D eigenvalue weighted by molar-refractivity contribution is -0.140. The van der Waals surface area contributed by atoms with Crippen molar-refractivity contribution in [2.24, 2.45) is 0 Å². The fraction of sp³-hybridized carbons (Fsp3) is 0.212. The quantitative estimate of drug-likeness (QED) is 0.190. The van der Waals surface area contributed by atoms with E-state index in [0.717, 1.165) is 27.5 Å². The van der Waals surface area contributed by atoms with E-state index in [-0.39, 0.29) is 30.1 Å². The normalized spacial score (nSPS) is 18.2. The Morgan fingerprint density at radius 3 is 2.38 bits per heavy atom. The lowest BCUT2D eigenvalue weighted by atomic mass is 9.85. The van der Waals surface area contributed by atoms with E-state index in [1.54, 1.807) is 12.1 Å². The third-order valence-corrected chi connectivity index (χ3v) is 7.47. The molecule has 1 fully saturated rings. The topological polar surface area (TPSA) is 76.1 Å². The molecule has 0 aliphatic carbocycles. The molecule has 0 spiro atoms. The van der Waals surface area contributed by atoms with Crippen LogP contribution in [-0.4, -0.2) is 28.5 Å². The van der Waals surface area contributed by atoms with Gasteiger partial charge in [-0.3, -0.25) is 9.59 Å². The predicted molar refractivity (Wildman–Crippen MR) is 150 cm³/mol. The molecule has 2 aliphatic heterocycles. The molecule has 1 saturated heterocycles. The second-order valence-corrected chi connectivity index (χ2v) is 11.0. The van der Waals surface area contributed by atoms with Crippen molar-refractivity contribution in [2.75, 3.05) is 6.79 Å². The highest BCUT2D eigenvalue weighted by atomic mass is 16.7. The van der Waals surface area contributed by atoms with Gasteiger partial charge >= 0.3 is 0 Å². The highest BCUT2D eigenvalue weighted by Gasteiger charge is 2.46. The maximum Gasteiger partial charge on any atom is 0.295 e. The van der Waals surface area contributed by atoms with Crippen molar-refractivity contribution in [3.8, 4) is 11.5 Å². The molecule has 0 saturated carbocycles. The van der Waals surface area contributed by atoms with Crippen LogP contribution in [0.3, 0.4) is 0 Å². The first-order chi connectivity index (χ1) is 18.7. The fourth-order valence-corrected chi connectivity index (χ4v) is 5.37. The molecule has 6 nitrogen and oxygen atoms in total. The minimum absolute atomic E-state index is 0.0597. The number of rotatable bonds is 4. The van der Waals surface area contributed by atoms with Crippen LogP contribution >= 0.6 is 0 Å². The summed E-state index contributed by atoms with van der Waals surface area (Å²) in [6.07, 6.45) is 0. The number of nitrogens with zero attached hydrogens (tertiary/aromatic N) is 1. The summed E-state index contributed by atoms with van der Waals surface area (Å²) in [5.41, 5.74) is 3.22. The van der Waals surface area contributed by atoms with Crippen molar-refractivity contribution in [1.82, 2.24) is 4.90 Å². The minimum Gasteiger partial charge on any atom is -0.507 e. The Bertz CT molecular complexity index is 1640. The van der Waals surface area contributed by atoms with Crippen molar-refractivity contribution in [2.45, 2.75) is 38.8 Å². The van der Waals surface area contributed by atoms with Gasteiger partial charge in [0, 0.05) is 12.1 Å². The maximum atomic E-state index is 13.6. The molecule has 6 heteroatoms. The van der Waals surface area contributed by atoms with E-state index in [2.05, 4.69) is 20.8 Å². The molecule has 0 radical (unpaired) electrons.